The number of carbonyl (C=O) groups excluding carboxylic acids is 2. The molecule has 2 saturated heterocycles. The van der Waals surface area contributed by atoms with Crippen LogP contribution in [0.1, 0.15) is 103 Å². The highest BCUT2D eigenvalue weighted by Gasteiger charge is 2.21. The first-order valence-corrected chi connectivity index (χ1v) is 11.8. The summed E-state index contributed by atoms with van der Waals surface area (Å²) in [6, 6.07) is 0. The lowest BCUT2D eigenvalue weighted by Crippen LogP contribution is -2.12. The number of unbranched alkanes of at least 4 members (excludes halogenated alkanes) is 10. The standard InChI is InChI=1S/C23H40O6/c24-22(15-11-7-3-1-5-9-13-20-17-26-20)28-19-29-23(25)16-12-8-4-2-6-10-14-21-18-27-21/h20-21H,1-19H2. The lowest BCUT2D eigenvalue weighted by Gasteiger charge is -2.06. The summed E-state index contributed by atoms with van der Waals surface area (Å²) in [4.78, 5) is 23.3. The molecule has 6 heteroatoms. The molecule has 2 aliphatic rings. The Morgan fingerprint density at radius 2 is 0.931 bits per heavy atom. The molecule has 0 N–H and O–H groups in total. The van der Waals surface area contributed by atoms with Crippen LogP contribution < -0.4 is 0 Å². The lowest BCUT2D eigenvalue weighted by molar-refractivity contribution is -0.167. The van der Waals surface area contributed by atoms with Crippen molar-refractivity contribution >= 4 is 11.9 Å². The summed E-state index contributed by atoms with van der Waals surface area (Å²) < 4.78 is 20.3. The third kappa shape index (κ3) is 15.4. The zero-order chi connectivity index (χ0) is 20.6. The SMILES string of the molecule is O=C(CCCCCCCCC1CO1)OCOC(=O)CCCCCCCCC1CO1. The molecule has 168 valence electrons. The van der Waals surface area contributed by atoms with Crippen molar-refractivity contribution in [2.24, 2.45) is 0 Å². The lowest BCUT2D eigenvalue weighted by atomic mass is 10.1. The van der Waals surface area contributed by atoms with Gasteiger partial charge < -0.3 is 18.9 Å². The first kappa shape index (κ1) is 24.1. The van der Waals surface area contributed by atoms with Gasteiger partial charge in [0.2, 0.25) is 6.79 Å². The van der Waals surface area contributed by atoms with Crippen LogP contribution in [-0.4, -0.2) is 44.2 Å². The fourth-order valence-electron chi connectivity index (χ4n) is 3.47. The second kappa shape index (κ2) is 15.7. The second-order valence-electron chi connectivity index (χ2n) is 8.38. The van der Waals surface area contributed by atoms with Crippen molar-refractivity contribution in [3.63, 3.8) is 0 Å². The normalized spacial score (nSPS) is 19.7. The van der Waals surface area contributed by atoms with Crippen molar-refractivity contribution in [3.8, 4) is 0 Å². The number of epoxide rings is 2. The summed E-state index contributed by atoms with van der Waals surface area (Å²) in [6.45, 7) is 1.66. The largest absolute Gasteiger partial charge is 0.428 e. The minimum Gasteiger partial charge on any atom is -0.428 e. The Morgan fingerprint density at radius 3 is 1.31 bits per heavy atom. The van der Waals surface area contributed by atoms with Gasteiger partial charge in [-0.25, -0.2) is 0 Å². The van der Waals surface area contributed by atoms with Gasteiger partial charge in [0.05, 0.1) is 25.4 Å². The van der Waals surface area contributed by atoms with Gasteiger partial charge in [0.25, 0.3) is 0 Å². The molecular formula is C23H40O6. The highest BCUT2D eigenvalue weighted by atomic mass is 16.7. The molecule has 0 aromatic rings. The van der Waals surface area contributed by atoms with Crippen LogP contribution in [0.25, 0.3) is 0 Å². The van der Waals surface area contributed by atoms with E-state index in [0.29, 0.717) is 25.0 Å². The zero-order valence-corrected chi connectivity index (χ0v) is 18.0. The maximum atomic E-state index is 11.6. The Morgan fingerprint density at radius 1 is 0.586 bits per heavy atom. The van der Waals surface area contributed by atoms with Crippen LogP contribution in [0.3, 0.4) is 0 Å². The van der Waals surface area contributed by atoms with Gasteiger partial charge >= 0.3 is 11.9 Å². The monoisotopic (exact) mass is 412 g/mol. The molecule has 0 saturated carbocycles. The summed E-state index contributed by atoms with van der Waals surface area (Å²) in [5, 5.41) is 0. The number of carbonyl (C=O) groups is 2. The maximum absolute atomic E-state index is 11.6. The van der Waals surface area contributed by atoms with Crippen molar-refractivity contribution < 1.29 is 28.5 Å². The first-order chi connectivity index (χ1) is 14.2. The molecule has 2 atom stereocenters. The number of ether oxygens (including phenoxy) is 4. The smallest absolute Gasteiger partial charge is 0.308 e. The van der Waals surface area contributed by atoms with Crippen molar-refractivity contribution in [3.05, 3.63) is 0 Å². The molecule has 0 aromatic heterocycles. The minimum absolute atomic E-state index is 0.246. The van der Waals surface area contributed by atoms with Crippen molar-refractivity contribution in [1.29, 1.82) is 0 Å². The molecule has 6 nitrogen and oxygen atoms in total. The first-order valence-electron chi connectivity index (χ1n) is 11.8. The maximum Gasteiger partial charge on any atom is 0.308 e. The average molecular weight is 413 g/mol. The predicted octanol–water partition coefficient (Wildman–Crippen LogP) is 5.07. The third-order valence-corrected chi connectivity index (χ3v) is 5.56. The van der Waals surface area contributed by atoms with E-state index in [4.69, 9.17) is 18.9 Å². The topological polar surface area (TPSA) is 77.7 Å². The predicted molar refractivity (Wildman–Crippen MR) is 110 cm³/mol. The van der Waals surface area contributed by atoms with E-state index in [2.05, 4.69) is 0 Å². The fourth-order valence-corrected chi connectivity index (χ4v) is 3.47. The van der Waals surface area contributed by atoms with Gasteiger partial charge in [-0.15, -0.1) is 0 Å². The molecule has 0 radical (unpaired) electrons. The zero-order valence-electron chi connectivity index (χ0n) is 18.0. The Bertz CT molecular complexity index is 405. The summed E-state index contributed by atoms with van der Waals surface area (Å²) >= 11 is 0. The third-order valence-electron chi connectivity index (χ3n) is 5.56. The van der Waals surface area contributed by atoms with Crippen LogP contribution in [0.15, 0.2) is 0 Å². The molecule has 0 spiro atoms. The Balaban J connectivity index is 1.25. The summed E-state index contributed by atoms with van der Waals surface area (Å²) in [5.41, 5.74) is 0. The van der Waals surface area contributed by atoms with E-state index >= 15 is 0 Å². The van der Waals surface area contributed by atoms with E-state index in [0.717, 1.165) is 51.7 Å². The van der Waals surface area contributed by atoms with E-state index in [9.17, 15) is 9.59 Å². The average Bonchev–Trinajstić information content (AvgIpc) is 3.61. The molecule has 0 amide bonds. The van der Waals surface area contributed by atoms with E-state index < -0.39 is 0 Å². The number of esters is 2. The Kier molecular flexibility index (Phi) is 13.0. The summed E-state index contributed by atoms with van der Waals surface area (Å²) in [5.74, 6) is -0.555. The van der Waals surface area contributed by atoms with Crippen LogP contribution >= 0.6 is 0 Å². The van der Waals surface area contributed by atoms with Gasteiger partial charge in [-0.05, 0) is 25.7 Å². The van der Waals surface area contributed by atoms with Crippen LogP contribution in [-0.2, 0) is 28.5 Å². The number of hydrogen-bond donors (Lipinski definition) is 0. The second-order valence-corrected chi connectivity index (χ2v) is 8.38. The fraction of sp³-hybridized carbons (Fsp3) is 0.913. The van der Waals surface area contributed by atoms with Gasteiger partial charge in [-0.3, -0.25) is 9.59 Å². The van der Waals surface area contributed by atoms with Gasteiger partial charge in [0.1, 0.15) is 0 Å². The van der Waals surface area contributed by atoms with Crippen molar-refractivity contribution in [2.45, 2.75) is 115 Å². The molecule has 2 unspecified atom stereocenters. The van der Waals surface area contributed by atoms with Crippen LogP contribution in [0.5, 0.6) is 0 Å². The molecule has 29 heavy (non-hydrogen) atoms. The van der Waals surface area contributed by atoms with E-state index in [1.165, 1.54) is 51.4 Å². The molecular weight excluding hydrogens is 372 g/mol. The van der Waals surface area contributed by atoms with Gasteiger partial charge in [-0.2, -0.15) is 0 Å². The number of hydrogen-bond acceptors (Lipinski definition) is 6. The van der Waals surface area contributed by atoms with E-state index in [-0.39, 0.29) is 18.7 Å². The van der Waals surface area contributed by atoms with Gasteiger partial charge in [0, 0.05) is 12.8 Å². The molecule has 0 aliphatic carbocycles. The molecule has 2 rings (SSSR count). The van der Waals surface area contributed by atoms with Crippen LogP contribution in [0.4, 0.5) is 0 Å². The van der Waals surface area contributed by atoms with Crippen LogP contribution in [0.2, 0.25) is 0 Å². The minimum atomic E-state index is -0.278. The number of rotatable bonds is 20. The summed E-state index contributed by atoms with van der Waals surface area (Å²) in [7, 11) is 0. The Hall–Kier alpha value is -1.14. The van der Waals surface area contributed by atoms with E-state index in [1.54, 1.807) is 0 Å². The molecule has 2 fully saturated rings. The summed E-state index contributed by atoms with van der Waals surface area (Å²) in [6.07, 6.45) is 17.8. The van der Waals surface area contributed by atoms with Crippen molar-refractivity contribution in [1.82, 2.24) is 0 Å². The van der Waals surface area contributed by atoms with Crippen LogP contribution in [0, 0.1) is 0 Å². The van der Waals surface area contributed by atoms with Crippen molar-refractivity contribution in [2.75, 3.05) is 20.0 Å². The molecule has 0 aromatic carbocycles. The van der Waals surface area contributed by atoms with Gasteiger partial charge in [0.15, 0.2) is 0 Å². The highest BCUT2D eigenvalue weighted by Crippen LogP contribution is 2.19. The van der Waals surface area contributed by atoms with Gasteiger partial charge in [-0.1, -0.05) is 64.2 Å². The van der Waals surface area contributed by atoms with E-state index in [1.807, 2.05) is 0 Å². The molecule has 2 heterocycles. The highest BCUT2D eigenvalue weighted by molar-refractivity contribution is 5.70. The Labute approximate surface area is 176 Å². The molecule has 0 bridgehead atoms. The quantitative estimate of drug-likeness (QED) is 0.120. The molecule has 2 aliphatic heterocycles.